The van der Waals surface area contributed by atoms with E-state index in [9.17, 15) is 71.2 Å². The number of nitrogens with zero attached hydrogens (tertiary/aromatic N) is 14. The van der Waals surface area contributed by atoms with Crippen LogP contribution in [0.1, 0.15) is 135 Å². The highest BCUT2D eigenvalue weighted by atomic mass is 19.1. The fraction of sp³-hybridized carbons (Fsp3) is 0.250. The molecule has 6 aromatic carbocycles. The molecular weight excluding hydrogens is 1890 g/mol. The van der Waals surface area contributed by atoms with Crippen LogP contribution in [-0.4, -0.2) is 157 Å². The molecule has 34 nitrogen and oxygen atoms in total. The maximum atomic E-state index is 14.1. The van der Waals surface area contributed by atoms with Gasteiger partial charge in [-0.3, -0.25) is 67.0 Å². The number of aliphatic hydroxyl groups is 1. The summed E-state index contributed by atoms with van der Waals surface area (Å²) in [6, 6.07) is 43.3. The number of Topliss-reactive ketones (excluding diaryl/α,β-unsaturated/α-hetero) is 1. The number of aliphatic hydroxyl groups excluding tert-OH is 1. The predicted molar refractivity (Wildman–Crippen MR) is 527 cm³/mol. The minimum atomic E-state index is -0.909. The van der Waals surface area contributed by atoms with Crippen molar-refractivity contribution in [2.45, 2.75) is 151 Å². The van der Waals surface area contributed by atoms with Gasteiger partial charge in [-0.25, -0.2) is 42.1 Å². The number of aromatic nitrogens is 14. The molecule has 0 spiro atoms. The van der Waals surface area contributed by atoms with E-state index in [-0.39, 0.29) is 122 Å². The first-order valence-corrected chi connectivity index (χ1v) is 46.9. The summed E-state index contributed by atoms with van der Waals surface area (Å²) in [6.07, 6.45) is 16.4. The summed E-state index contributed by atoms with van der Waals surface area (Å²) in [5.41, 5.74) is 6.62. The van der Waals surface area contributed by atoms with E-state index in [2.05, 4.69) is 35.2 Å². The number of pyridine rings is 8. The van der Waals surface area contributed by atoms with Gasteiger partial charge in [-0.2, -0.15) is 0 Å². The van der Waals surface area contributed by atoms with E-state index in [1.807, 2.05) is 114 Å². The van der Waals surface area contributed by atoms with Crippen molar-refractivity contribution in [1.82, 2.24) is 72.2 Å². The monoisotopic (exact) mass is 1980 g/mol. The molecule has 11 aromatic heterocycles. The smallest absolute Gasteiger partial charge is 0.347 e. The Morgan fingerprint density at radius 3 is 1.01 bits per heavy atom. The molecule has 0 radical (unpaired) electrons. The summed E-state index contributed by atoms with van der Waals surface area (Å²) < 4.78 is 113. The van der Waals surface area contributed by atoms with Crippen molar-refractivity contribution in [3.8, 4) is 46.0 Å². The fourth-order valence-corrected chi connectivity index (χ4v) is 18.2. The molecule has 4 N–H and O–H groups in total. The summed E-state index contributed by atoms with van der Waals surface area (Å²) in [6.45, 7) is 12.1. The van der Waals surface area contributed by atoms with Crippen molar-refractivity contribution in [2.75, 3.05) is 26.9 Å². The number of ketones is 1. The van der Waals surface area contributed by atoms with Crippen LogP contribution in [0.25, 0.3) is 44.1 Å². The quantitative estimate of drug-likeness (QED) is 0.0211. The third kappa shape index (κ3) is 20.4. The highest BCUT2D eigenvalue weighted by Gasteiger charge is 2.39. The maximum absolute atomic E-state index is 14.1. The maximum Gasteiger partial charge on any atom is 0.347 e. The van der Waals surface area contributed by atoms with Crippen molar-refractivity contribution in [2.24, 2.45) is 0 Å². The topological polar surface area (TPSA) is 408 Å². The second-order valence-corrected chi connectivity index (χ2v) is 35.1. The lowest BCUT2D eigenvalue weighted by molar-refractivity contribution is 0.0508. The minimum absolute atomic E-state index is 0.0515. The lowest BCUT2D eigenvalue weighted by atomic mass is 10.0. The van der Waals surface area contributed by atoms with Gasteiger partial charge in [0.15, 0.2) is 62.9 Å². The first-order valence-electron chi connectivity index (χ1n) is 46.9. The SMILES string of the molecule is CC(=O)c1c(OCc2ccccc2)c2ncc(Cc3ccc(F)cc3)c3c2n(c1=O)C[C@@H](CO)O3.CCOC(=O)c1c(O)c2ncc(Cc3ccc(F)cc3)c3c2n(c1=O)C[C@@H](Cn1ccnc1C)O3.CCOC(=O)c1c(OCc2ccccc2)c2ncc(Cc3ccc(F)cc3)c3c2n(c1=O)C[C@@H](Cn1ccnc1C)O3.CNC(=O)c1c(O)c2ncc(Cc3ccc(F)cc3)c3c2n(c1=O)C[C@@H](Cn1ccnc1C)O3. The van der Waals surface area contributed by atoms with Gasteiger partial charge in [0.05, 0.1) is 65.6 Å². The number of rotatable bonds is 27. The number of halogens is 4. The number of imidazole rings is 3. The highest BCUT2D eigenvalue weighted by Crippen LogP contribution is 2.45. The molecule has 1 amide bonds. The number of esters is 2. The molecule has 0 fully saturated rings. The van der Waals surface area contributed by atoms with Gasteiger partial charge in [0.2, 0.25) is 0 Å². The Morgan fingerprint density at radius 1 is 0.390 bits per heavy atom. The van der Waals surface area contributed by atoms with Crippen LogP contribution in [-0.2, 0) is 94.2 Å². The minimum Gasteiger partial charge on any atom is -0.505 e. The molecule has 0 bridgehead atoms. The number of carbonyl (C=O) groups is 4. The van der Waals surface area contributed by atoms with Gasteiger partial charge in [0, 0.05) is 117 Å². The van der Waals surface area contributed by atoms with Crippen LogP contribution in [0.15, 0.2) is 239 Å². The number of ether oxygens (including phenoxy) is 8. The largest absolute Gasteiger partial charge is 0.505 e. The number of hydrogen-bond donors (Lipinski definition) is 4. The van der Waals surface area contributed by atoms with Crippen LogP contribution in [0.3, 0.4) is 0 Å². The zero-order valence-corrected chi connectivity index (χ0v) is 80.1. The second kappa shape index (κ2) is 42.8. The van der Waals surface area contributed by atoms with Gasteiger partial charge in [-0.15, -0.1) is 0 Å². The first kappa shape index (κ1) is 98.7. The fourth-order valence-electron chi connectivity index (χ4n) is 18.2. The average molecular weight is 1990 g/mol. The average Bonchev–Trinajstić information content (AvgIpc) is 1.48. The van der Waals surface area contributed by atoms with Crippen molar-refractivity contribution in [3.05, 3.63) is 380 Å². The zero-order valence-electron chi connectivity index (χ0n) is 80.1. The van der Waals surface area contributed by atoms with Crippen molar-refractivity contribution >= 4 is 67.8 Å². The molecule has 4 aliphatic rings. The molecule has 21 rings (SSSR count). The molecule has 15 heterocycles. The van der Waals surface area contributed by atoms with Crippen LogP contribution in [0, 0.1) is 44.0 Å². The number of carbonyl (C=O) groups excluding carboxylic acids is 4. The van der Waals surface area contributed by atoms with Crippen molar-refractivity contribution < 1.29 is 90.0 Å². The normalized spacial score (nSPS) is 14.5. The number of nitrogens with one attached hydrogen (secondary N) is 1. The molecule has 38 heteroatoms. The van der Waals surface area contributed by atoms with Crippen molar-refractivity contribution in [1.29, 1.82) is 0 Å². The van der Waals surface area contributed by atoms with Crippen LogP contribution >= 0.6 is 0 Å². The Bertz CT molecular complexity index is 8140. The predicted octanol–water partition coefficient (Wildman–Crippen LogP) is 13.6. The Labute approximate surface area is 828 Å². The number of aromatic hydroxyl groups is 2. The summed E-state index contributed by atoms with van der Waals surface area (Å²) >= 11 is 0. The zero-order chi connectivity index (χ0) is 102. The summed E-state index contributed by atoms with van der Waals surface area (Å²) in [4.78, 5) is 136. The molecule has 146 heavy (non-hydrogen) atoms. The van der Waals surface area contributed by atoms with E-state index in [1.54, 1.807) is 99.6 Å². The molecule has 0 aliphatic carbocycles. The molecule has 746 valence electrons. The molecule has 17 aromatic rings. The van der Waals surface area contributed by atoms with Gasteiger partial charge < -0.3 is 72.2 Å². The molecule has 4 atom stereocenters. The third-order valence-corrected chi connectivity index (χ3v) is 25.4. The van der Waals surface area contributed by atoms with E-state index in [1.165, 1.54) is 87.0 Å². The van der Waals surface area contributed by atoms with Crippen LogP contribution in [0.4, 0.5) is 17.6 Å². The van der Waals surface area contributed by atoms with Crippen LogP contribution in [0.2, 0.25) is 0 Å². The lowest BCUT2D eigenvalue weighted by Crippen LogP contribution is -2.40. The Morgan fingerprint density at radius 2 is 0.685 bits per heavy atom. The molecule has 4 aliphatic heterocycles. The highest BCUT2D eigenvalue weighted by molar-refractivity contribution is 6.05. The van der Waals surface area contributed by atoms with Crippen LogP contribution in [0.5, 0.6) is 46.0 Å². The van der Waals surface area contributed by atoms with Gasteiger partial charge >= 0.3 is 11.9 Å². The van der Waals surface area contributed by atoms with Gasteiger partial charge in [0.25, 0.3) is 28.1 Å². The van der Waals surface area contributed by atoms with E-state index >= 15 is 0 Å². The molecule has 0 saturated heterocycles. The van der Waals surface area contributed by atoms with E-state index < -0.39 is 87.3 Å². The third-order valence-electron chi connectivity index (χ3n) is 25.4. The van der Waals surface area contributed by atoms with E-state index in [4.69, 9.17) is 42.9 Å². The van der Waals surface area contributed by atoms with Gasteiger partial charge in [-0.1, -0.05) is 109 Å². The van der Waals surface area contributed by atoms with Gasteiger partial charge in [-0.05, 0) is 123 Å². The van der Waals surface area contributed by atoms with Crippen molar-refractivity contribution in [3.63, 3.8) is 0 Å². The first-order chi connectivity index (χ1) is 70.6. The number of aryl methyl sites for hydroxylation is 3. The Balaban J connectivity index is 0.000000128. The number of hydrogen-bond acceptors (Lipinski definition) is 26. The molecule has 0 saturated carbocycles. The summed E-state index contributed by atoms with van der Waals surface area (Å²) in [5.74, 6) is -0.996. The Hall–Kier alpha value is -17.5. The Kier molecular flexibility index (Phi) is 28.9. The second-order valence-electron chi connectivity index (χ2n) is 35.1. The molecular formula is C108H97F4N15O19. The number of amides is 1. The van der Waals surface area contributed by atoms with Crippen LogP contribution < -0.4 is 56.0 Å². The van der Waals surface area contributed by atoms with E-state index in [0.29, 0.717) is 124 Å². The van der Waals surface area contributed by atoms with Gasteiger partial charge in [0.1, 0.15) is 134 Å². The van der Waals surface area contributed by atoms with E-state index in [0.717, 1.165) is 50.9 Å². The number of benzene rings is 6. The lowest BCUT2D eigenvalue weighted by Gasteiger charge is -2.30. The molecule has 0 unspecified atom stereocenters. The summed E-state index contributed by atoms with van der Waals surface area (Å²) in [5, 5.41) is 33.8. The summed E-state index contributed by atoms with van der Waals surface area (Å²) in [7, 11) is 1.39. The standard InChI is InChI=1S/C32H29FN4O5.C27H23FN2O5.C25H23FN4O5.C24H22FN5O4/c1-3-40-32(39)26-30(41-19-22-7-5-4-6-8-22)27-28-29(23(16-35-27)15-21-9-11-24(33)12-10-21)42-25(18-37(28)31(26)38)17-36-14-13-34-20(36)2;1-16(32)22-26(34-15-18-5-3-2-4-6-18)23-24-25(35-21(14-31)13-30(24)27(22)33)19(12-29-23)11-17-7-9-20(28)10-8-17;1-3-34-25(33)19-22(31)20-21-23(16(11-28-20)10-15-4-6-17(26)7-5-15)35-18(13-30(21)24(19)32)12-29-9-8-27-14(29)2;1-13-27-7-8-29(13)11-17-12-30-20-19(21(31)18(24(30)33)23(32)26-2)28-10-15(22(20)34-17)9-14-3-5-16(25)6-4-14/h4-14,16,25H,3,15,17-19H2,1-2H3;2-10,12,21,31H,11,13-15H2,1H3;4-9,11,18,31H,3,10,12-13H2,1-2H3;3-8,10,17,31H,9,11-12H2,1-2H3,(H,26,32)/t25-;21-;18-;17-/m1011/s1.